The van der Waals surface area contributed by atoms with Gasteiger partial charge in [0.25, 0.3) is 0 Å². The van der Waals surface area contributed by atoms with E-state index in [-0.39, 0.29) is 0 Å². The van der Waals surface area contributed by atoms with Gasteiger partial charge in [-0.05, 0) is 68.6 Å². The van der Waals surface area contributed by atoms with Crippen LogP contribution < -0.4 is 0 Å². The summed E-state index contributed by atoms with van der Waals surface area (Å²) in [5, 5.41) is 9.21. The van der Waals surface area contributed by atoms with Gasteiger partial charge in [-0.15, -0.1) is 0 Å². The molecule has 10 rings (SSSR count). The molecule has 0 saturated heterocycles. The third-order valence-corrected chi connectivity index (χ3v) is 9.44. The Kier molecular flexibility index (Phi) is 5.57. The molecule has 2 aromatic heterocycles. The Morgan fingerprint density at radius 1 is 0.404 bits per heavy atom. The quantitative estimate of drug-likeness (QED) is 0.190. The van der Waals surface area contributed by atoms with Gasteiger partial charge in [-0.3, -0.25) is 4.98 Å². The minimum absolute atomic E-state index is 0.833. The Bertz CT molecular complexity index is 2810. The lowest BCUT2D eigenvalue weighted by Crippen LogP contribution is -1.93. The van der Waals surface area contributed by atoms with Crippen molar-refractivity contribution in [3.05, 3.63) is 158 Å². The molecule has 0 spiro atoms. The van der Waals surface area contributed by atoms with Gasteiger partial charge in [0, 0.05) is 32.7 Å². The Morgan fingerprint density at radius 3 is 1.81 bits per heavy atom. The van der Waals surface area contributed by atoms with Crippen molar-refractivity contribution in [2.24, 2.45) is 0 Å². The van der Waals surface area contributed by atoms with Crippen molar-refractivity contribution in [3.8, 4) is 33.5 Å². The summed E-state index contributed by atoms with van der Waals surface area (Å²) in [6, 6.07) is 53.5. The fraction of sp³-hybridized carbons (Fsp3) is 0. The Labute approximate surface area is 270 Å². The predicted molar refractivity (Wildman–Crippen MR) is 196 cm³/mol. The van der Waals surface area contributed by atoms with Crippen molar-refractivity contribution in [2.75, 3.05) is 0 Å². The average molecular weight is 599 g/mol. The molecule has 0 aliphatic rings. The number of benzene rings is 8. The third kappa shape index (κ3) is 4.07. The Balaban J connectivity index is 1.23. The highest BCUT2D eigenvalue weighted by atomic mass is 16.3. The molecule has 10 aromatic rings. The maximum Gasteiger partial charge on any atom is 0.143 e. The van der Waals surface area contributed by atoms with Crippen LogP contribution in [0.4, 0.5) is 0 Å². The molecule has 0 unspecified atom stereocenters. The van der Waals surface area contributed by atoms with Gasteiger partial charge < -0.3 is 4.42 Å². The summed E-state index contributed by atoms with van der Waals surface area (Å²) >= 11 is 0. The summed E-state index contributed by atoms with van der Waals surface area (Å²) < 4.78 is 6.66. The molecule has 218 valence electrons. The molecule has 0 fully saturated rings. The van der Waals surface area contributed by atoms with Gasteiger partial charge in [0.05, 0.1) is 22.9 Å². The van der Waals surface area contributed by atoms with E-state index in [1.165, 1.54) is 21.5 Å². The SMILES string of the molecule is c1ccc(-c2cc(-c3cnc4c5ccccc5c5ccccc5c4n3)cc(-c3cccc4c3oc3cc5ccccc5cc34)c2)cc1. The molecule has 0 N–H and O–H groups in total. The number of aromatic nitrogens is 2. The third-order valence-electron chi connectivity index (χ3n) is 9.44. The second-order valence-corrected chi connectivity index (χ2v) is 12.2. The second kappa shape index (κ2) is 10.1. The van der Waals surface area contributed by atoms with Crippen molar-refractivity contribution in [1.29, 1.82) is 0 Å². The van der Waals surface area contributed by atoms with Crippen LogP contribution in [0.3, 0.4) is 0 Å². The lowest BCUT2D eigenvalue weighted by molar-refractivity contribution is 0.670. The van der Waals surface area contributed by atoms with Crippen molar-refractivity contribution < 1.29 is 4.42 Å². The smallest absolute Gasteiger partial charge is 0.143 e. The maximum atomic E-state index is 6.66. The highest BCUT2D eigenvalue weighted by Gasteiger charge is 2.17. The van der Waals surface area contributed by atoms with Crippen LogP contribution in [0, 0.1) is 0 Å². The fourth-order valence-electron chi connectivity index (χ4n) is 7.20. The van der Waals surface area contributed by atoms with E-state index in [9.17, 15) is 0 Å². The van der Waals surface area contributed by atoms with Gasteiger partial charge in [0.1, 0.15) is 11.2 Å². The maximum absolute atomic E-state index is 6.66. The fourth-order valence-corrected chi connectivity index (χ4v) is 7.20. The molecule has 0 aliphatic carbocycles. The van der Waals surface area contributed by atoms with E-state index in [0.29, 0.717) is 0 Å². The minimum atomic E-state index is 0.833. The van der Waals surface area contributed by atoms with Crippen LogP contribution in [0.1, 0.15) is 0 Å². The van der Waals surface area contributed by atoms with Crippen LogP contribution in [0.2, 0.25) is 0 Å². The molecule has 0 amide bonds. The molecule has 2 heterocycles. The van der Waals surface area contributed by atoms with Crippen LogP contribution in [-0.4, -0.2) is 9.97 Å². The number of hydrogen-bond donors (Lipinski definition) is 0. The lowest BCUT2D eigenvalue weighted by atomic mass is 9.94. The van der Waals surface area contributed by atoms with Crippen LogP contribution in [0.5, 0.6) is 0 Å². The van der Waals surface area contributed by atoms with Crippen molar-refractivity contribution in [3.63, 3.8) is 0 Å². The monoisotopic (exact) mass is 598 g/mol. The first-order valence-electron chi connectivity index (χ1n) is 15.9. The standard InChI is InChI=1S/C44H26N2O/c1-2-11-27(12-3-1)30-21-31(33-19-10-20-38-39-24-28-13-4-5-14-29(28)25-41(39)47-44(33)38)23-32(22-30)40-26-45-42-36-17-8-6-15-34(36)35-16-7-9-18-37(35)43(42)46-40/h1-26H. The average Bonchev–Trinajstić information content (AvgIpc) is 3.51. The number of nitrogens with zero attached hydrogens (tertiary/aromatic N) is 2. The molecular weight excluding hydrogens is 572 g/mol. The topological polar surface area (TPSA) is 38.9 Å². The molecule has 0 radical (unpaired) electrons. The van der Waals surface area contributed by atoms with E-state index in [1.54, 1.807) is 0 Å². The van der Waals surface area contributed by atoms with E-state index >= 15 is 0 Å². The van der Waals surface area contributed by atoms with Gasteiger partial charge in [-0.2, -0.15) is 0 Å². The van der Waals surface area contributed by atoms with Crippen molar-refractivity contribution >= 4 is 65.3 Å². The van der Waals surface area contributed by atoms with Crippen LogP contribution in [0.15, 0.2) is 162 Å². The Hall–Kier alpha value is -6.32. The zero-order valence-corrected chi connectivity index (χ0v) is 25.3. The molecule has 3 heteroatoms. The summed E-state index contributed by atoms with van der Waals surface area (Å²) in [6.45, 7) is 0. The molecular formula is C44H26N2O. The molecule has 0 bridgehead atoms. The summed E-state index contributed by atoms with van der Waals surface area (Å²) in [5.41, 5.74) is 9.82. The molecule has 0 aliphatic heterocycles. The number of hydrogen-bond acceptors (Lipinski definition) is 3. The highest BCUT2D eigenvalue weighted by molar-refractivity contribution is 6.23. The van der Waals surface area contributed by atoms with E-state index in [2.05, 4.69) is 152 Å². The van der Waals surface area contributed by atoms with Gasteiger partial charge in [-0.1, -0.05) is 121 Å². The van der Waals surface area contributed by atoms with Crippen LogP contribution >= 0.6 is 0 Å². The number of rotatable bonds is 3. The van der Waals surface area contributed by atoms with Gasteiger partial charge in [-0.25, -0.2) is 4.98 Å². The van der Waals surface area contributed by atoms with E-state index in [0.717, 1.165) is 77.3 Å². The first-order chi connectivity index (χ1) is 23.3. The summed E-state index contributed by atoms with van der Waals surface area (Å²) in [5.74, 6) is 0. The largest absolute Gasteiger partial charge is 0.455 e. The van der Waals surface area contributed by atoms with Crippen molar-refractivity contribution in [2.45, 2.75) is 0 Å². The molecule has 0 saturated carbocycles. The predicted octanol–water partition coefficient (Wildman–Crippen LogP) is 12.0. The first-order valence-corrected chi connectivity index (χ1v) is 15.9. The van der Waals surface area contributed by atoms with E-state index in [4.69, 9.17) is 14.4 Å². The highest BCUT2D eigenvalue weighted by Crippen LogP contribution is 2.41. The van der Waals surface area contributed by atoms with Gasteiger partial charge in [0.15, 0.2) is 0 Å². The number of furan rings is 1. The molecule has 0 atom stereocenters. The lowest BCUT2D eigenvalue weighted by Gasteiger charge is -2.13. The summed E-state index contributed by atoms with van der Waals surface area (Å²) in [4.78, 5) is 10.4. The van der Waals surface area contributed by atoms with Gasteiger partial charge >= 0.3 is 0 Å². The summed E-state index contributed by atoms with van der Waals surface area (Å²) in [6.07, 6.45) is 1.92. The van der Waals surface area contributed by atoms with Gasteiger partial charge in [0.2, 0.25) is 0 Å². The number of fused-ring (bicyclic) bond motifs is 10. The molecule has 47 heavy (non-hydrogen) atoms. The number of para-hydroxylation sites is 1. The normalized spacial score (nSPS) is 11.8. The van der Waals surface area contributed by atoms with Crippen LogP contribution in [0.25, 0.3) is 98.8 Å². The van der Waals surface area contributed by atoms with Crippen LogP contribution in [-0.2, 0) is 0 Å². The first kappa shape index (κ1) is 26.0. The summed E-state index contributed by atoms with van der Waals surface area (Å²) in [7, 11) is 0. The molecule has 3 nitrogen and oxygen atoms in total. The van der Waals surface area contributed by atoms with Crippen molar-refractivity contribution in [1.82, 2.24) is 9.97 Å². The zero-order valence-electron chi connectivity index (χ0n) is 25.3. The second-order valence-electron chi connectivity index (χ2n) is 12.2. The zero-order chi connectivity index (χ0) is 30.9. The van der Waals surface area contributed by atoms with E-state index < -0.39 is 0 Å². The Morgan fingerprint density at radius 2 is 1.02 bits per heavy atom. The van der Waals surface area contributed by atoms with E-state index in [1.807, 2.05) is 6.20 Å². The minimum Gasteiger partial charge on any atom is -0.455 e. The molecule has 8 aromatic carbocycles.